The van der Waals surface area contributed by atoms with Crippen LogP contribution in [-0.4, -0.2) is 16.7 Å². The topological polar surface area (TPSA) is 40.7 Å². The molecule has 3 rings (SSSR count). The number of H-pyrrole nitrogens is 1. The zero-order valence-electron chi connectivity index (χ0n) is 8.79. The van der Waals surface area contributed by atoms with Crippen molar-refractivity contribution in [2.24, 2.45) is 5.92 Å². The van der Waals surface area contributed by atoms with Gasteiger partial charge in [-0.3, -0.25) is 5.10 Å². The minimum atomic E-state index is 0.562. The first kappa shape index (κ1) is 9.36. The largest absolute Gasteiger partial charge is 0.309 e. The highest BCUT2D eigenvalue weighted by atomic mass is 32.1. The van der Waals surface area contributed by atoms with Gasteiger partial charge in [-0.05, 0) is 31.4 Å². The summed E-state index contributed by atoms with van der Waals surface area (Å²) < 4.78 is 0. The summed E-state index contributed by atoms with van der Waals surface area (Å²) in [6.07, 6.45) is 4.50. The van der Waals surface area contributed by atoms with E-state index in [2.05, 4.69) is 28.5 Å². The second kappa shape index (κ2) is 3.61. The maximum atomic E-state index is 4.02. The average molecular weight is 221 g/mol. The monoisotopic (exact) mass is 221 g/mol. The number of aromatic nitrogens is 2. The van der Waals surface area contributed by atoms with Crippen LogP contribution in [0.3, 0.4) is 0 Å². The number of fused-ring (bicyclic) bond motifs is 1. The van der Waals surface area contributed by atoms with Crippen molar-refractivity contribution in [2.75, 3.05) is 6.54 Å². The molecule has 2 N–H and O–H groups in total. The van der Waals surface area contributed by atoms with E-state index in [0.717, 1.165) is 12.5 Å². The predicted octanol–water partition coefficient (Wildman–Crippen LogP) is 2.68. The lowest BCUT2D eigenvalue weighted by Crippen LogP contribution is -2.31. The van der Waals surface area contributed by atoms with Crippen LogP contribution in [0.1, 0.15) is 30.7 Å². The van der Waals surface area contributed by atoms with E-state index in [0.29, 0.717) is 6.04 Å². The van der Waals surface area contributed by atoms with E-state index in [1.54, 1.807) is 0 Å². The third kappa shape index (κ3) is 1.68. The Hall–Kier alpha value is -0.870. The Labute approximate surface area is 92.9 Å². The molecule has 0 saturated carbocycles. The summed E-state index contributed by atoms with van der Waals surface area (Å²) in [5.41, 5.74) is 0. The standard InChI is InChI=1S/C11H15N3S/c1-7-2-3-9(12-5-7)10-4-8-6-13-14-11(8)15-10/h4,6-7,9,12H,2-3,5H2,1H3,(H,13,14)/t7-,9+/m1/s1. The number of aromatic amines is 1. The van der Waals surface area contributed by atoms with Gasteiger partial charge in [0.25, 0.3) is 0 Å². The summed E-state index contributed by atoms with van der Waals surface area (Å²) in [7, 11) is 0. The number of hydrogen-bond donors (Lipinski definition) is 2. The molecule has 0 aliphatic carbocycles. The Morgan fingerprint density at radius 1 is 1.47 bits per heavy atom. The SMILES string of the molecule is C[C@@H]1CC[C@@H](c2cc3cn[nH]c3s2)NC1. The molecule has 2 aromatic rings. The molecule has 2 aromatic heterocycles. The number of nitrogens with one attached hydrogen (secondary N) is 2. The summed E-state index contributed by atoms with van der Waals surface area (Å²) in [5.74, 6) is 0.827. The molecule has 1 aliphatic rings. The second-order valence-electron chi connectivity index (χ2n) is 4.45. The summed E-state index contributed by atoms with van der Waals surface area (Å²) >= 11 is 1.83. The van der Waals surface area contributed by atoms with Crippen LogP contribution in [0, 0.1) is 5.92 Å². The van der Waals surface area contributed by atoms with E-state index in [1.807, 2.05) is 17.5 Å². The molecule has 0 bridgehead atoms. The summed E-state index contributed by atoms with van der Waals surface area (Å²) in [4.78, 5) is 2.65. The van der Waals surface area contributed by atoms with Crippen molar-refractivity contribution in [3.05, 3.63) is 17.1 Å². The molecule has 1 aliphatic heterocycles. The maximum absolute atomic E-state index is 4.02. The Balaban J connectivity index is 1.84. The maximum Gasteiger partial charge on any atom is 0.118 e. The van der Waals surface area contributed by atoms with Gasteiger partial charge in [-0.15, -0.1) is 11.3 Å². The van der Waals surface area contributed by atoms with Crippen molar-refractivity contribution in [1.82, 2.24) is 15.5 Å². The van der Waals surface area contributed by atoms with Crippen molar-refractivity contribution < 1.29 is 0 Å². The van der Waals surface area contributed by atoms with Crippen LogP contribution < -0.4 is 5.32 Å². The molecule has 0 aromatic carbocycles. The predicted molar refractivity (Wildman–Crippen MR) is 63.1 cm³/mol. The molecule has 2 atom stereocenters. The van der Waals surface area contributed by atoms with E-state index in [4.69, 9.17) is 0 Å². The number of rotatable bonds is 1. The molecule has 0 radical (unpaired) electrons. The van der Waals surface area contributed by atoms with Gasteiger partial charge in [0.1, 0.15) is 4.83 Å². The van der Waals surface area contributed by atoms with E-state index in [1.165, 1.54) is 27.9 Å². The van der Waals surface area contributed by atoms with Crippen LogP contribution in [0.25, 0.3) is 10.2 Å². The van der Waals surface area contributed by atoms with Gasteiger partial charge >= 0.3 is 0 Å². The third-order valence-electron chi connectivity index (χ3n) is 3.15. The van der Waals surface area contributed by atoms with Crippen LogP contribution in [0.5, 0.6) is 0 Å². The molecule has 3 nitrogen and oxygen atoms in total. The highest BCUT2D eigenvalue weighted by molar-refractivity contribution is 7.18. The summed E-state index contributed by atoms with van der Waals surface area (Å²) in [5, 5.41) is 11.9. The van der Waals surface area contributed by atoms with Crippen LogP contribution in [0.15, 0.2) is 12.3 Å². The molecule has 0 amide bonds. The van der Waals surface area contributed by atoms with Crippen molar-refractivity contribution in [1.29, 1.82) is 0 Å². The minimum absolute atomic E-state index is 0.562. The Kier molecular flexibility index (Phi) is 2.25. The van der Waals surface area contributed by atoms with Gasteiger partial charge in [0.05, 0.1) is 6.20 Å². The molecule has 4 heteroatoms. The Bertz CT molecular complexity index is 423. The number of nitrogens with zero attached hydrogens (tertiary/aromatic N) is 1. The fourth-order valence-electron chi connectivity index (χ4n) is 2.18. The number of thiophene rings is 1. The van der Waals surface area contributed by atoms with Crippen LogP contribution in [0.2, 0.25) is 0 Å². The van der Waals surface area contributed by atoms with Gasteiger partial charge in [0.2, 0.25) is 0 Å². The lowest BCUT2D eigenvalue weighted by molar-refractivity contribution is 0.336. The third-order valence-corrected chi connectivity index (χ3v) is 4.32. The van der Waals surface area contributed by atoms with Gasteiger partial charge in [0, 0.05) is 16.3 Å². The second-order valence-corrected chi connectivity index (χ2v) is 5.53. The van der Waals surface area contributed by atoms with E-state index < -0.39 is 0 Å². The first-order chi connectivity index (χ1) is 7.33. The quantitative estimate of drug-likeness (QED) is 0.777. The van der Waals surface area contributed by atoms with Gasteiger partial charge in [-0.2, -0.15) is 5.10 Å². The normalized spacial score (nSPS) is 27.3. The minimum Gasteiger partial charge on any atom is -0.309 e. The molecule has 3 heterocycles. The van der Waals surface area contributed by atoms with Crippen LogP contribution >= 0.6 is 11.3 Å². The first-order valence-electron chi connectivity index (χ1n) is 5.49. The highest BCUT2D eigenvalue weighted by Crippen LogP contribution is 2.33. The van der Waals surface area contributed by atoms with Crippen LogP contribution in [-0.2, 0) is 0 Å². The molecule has 1 fully saturated rings. The average Bonchev–Trinajstić information content (AvgIpc) is 2.78. The fourth-order valence-corrected chi connectivity index (χ4v) is 3.27. The molecule has 80 valence electrons. The van der Waals surface area contributed by atoms with Crippen molar-refractivity contribution in [2.45, 2.75) is 25.8 Å². The molecular formula is C11H15N3S. The Morgan fingerprint density at radius 3 is 3.13 bits per heavy atom. The highest BCUT2D eigenvalue weighted by Gasteiger charge is 2.20. The van der Waals surface area contributed by atoms with Gasteiger partial charge < -0.3 is 5.32 Å². The molecule has 1 saturated heterocycles. The summed E-state index contributed by atoms with van der Waals surface area (Å²) in [6, 6.07) is 2.82. The zero-order valence-corrected chi connectivity index (χ0v) is 9.60. The zero-order chi connectivity index (χ0) is 10.3. The van der Waals surface area contributed by atoms with E-state index >= 15 is 0 Å². The van der Waals surface area contributed by atoms with Crippen molar-refractivity contribution in [3.63, 3.8) is 0 Å². The Morgan fingerprint density at radius 2 is 2.40 bits per heavy atom. The van der Waals surface area contributed by atoms with Crippen molar-refractivity contribution >= 4 is 21.6 Å². The number of hydrogen-bond acceptors (Lipinski definition) is 3. The van der Waals surface area contributed by atoms with E-state index in [-0.39, 0.29) is 0 Å². The molecular weight excluding hydrogens is 206 g/mol. The smallest absolute Gasteiger partial charge is 0.118 e. The van der Waals surface area contributed by atoms with Gasteiger partial charge in [0.15, 0.2) is 0 Å². The first-order valence-corrected chi connectivity index (χ1v) is 6.31. The molecule has 0 unspecified atom stereocenters. The number of piperidine rings is 1. The molecule has 0 spiro atoms. The fraction of sp³-hybridized carbons (Fsp3) is 0.545. The van der Waals surface area contributed by atoms with E-state index in [9.17, 15) is 0 Å². The lowest BCUT2D eigenvalue weighted by Gasteiger charge is -2.26. The lowest BCUT2D eigenvalue weighted by atomic mass is 9.95. The van der Waals surface area contributed by atoms with Gasteiger partial charge in [-0.1, -0.05) is 6.92 Å². The van der Waals surface area contributed by atoms with Crippen LogP contribution in [0.4, 0.5) is 0 Å². The molecule has 15 heavy (non-hydrogen) atoms. The van der Waals surface area contributed by atoms with Gasteiger partial charge in [-0.25, -0.2) is 0 Å². The van der Waals surface area contributed by atoms with Crippen molar-refractivity contribution in [3.8, 4) is 0 Å². The summed E-state index contributed by atoms with van der Waals surface area (Å²) in [6.45, 7) is 3.46.